The first-order chi connectivity index (χ1) is 14.5. The molecule has 0 atom stereocenters. The number of halogens is 1. The Balaban J connectivity index is 1.91. The molecule has 0 amide bonds. The molecule has 30 heavy (non-hydrogen) atoms. The van der Waals surface area contributed by atoms with Crippen LogP contribution in [-0.4, -0.2) is 7.11 Å². The minimum atomic E-state index is 0.237. The molecule has 3 aromatic carbocycles. The number of methoxy groups -OCH3 is 1. The molecule has 0 saturated carbocycles. The van der Waals surface area contributed by atoms with E-state index in [2.05, 4.69) is 28.1 Å². The van der Waals surface area contributed by atoms with Gasteiger partial charge in [-0.15, -0.1) is 0 Å². The van der Waals surface area contributed by atoms with Crippen LogP contribution in [0, 0.1) is 29.6 Å². The summed E-state index contributed by atoms with van der Waals surface area (Å²) in [5.74, 6) is 1.07. The molecule has 0 heterocycles. The van der Waals surface area contributed by atoms with Crippen LogP contribution in [0.1, 0.15) is 27.8 Å². The lowest BCUT2D eigenvalue weighted by Crippen LogP contribution is -2.01. The molecule has 0 radical (unpaired) electrons. The number of hydrogen-bond donors (Lipinski definition) is 0. The van der Waals surface area contributed by atoms with Gasteiger partial charge < -0.3 is 9.47 Å². The predicted octanol–water partition coefficient (Wildman–Crippen LogP) is 6.28. The molecule has 0 aliphatic heterocycles. The Morgan fingerprint density at radius 2 is 1.80 bits per heavy atom. The van der Waals surface area contributed by atoms with Crippen molar-refractivity contribution in [3.63, 3.8) is 0 Å². The van der Waals surface area contributed by atoms with Crippen molar-refractivity contribution in [2.45, 2.75) is 13.5 Å². The third kappa shape index (κ3) is 4.89. The highest BCUT2D eigenvalue weighted by molar-refractivity contribution is 9.10. The molecule has 0 unspecified atom stereocenters. The first-order valence-electron chi connectivity index (χ1n) is 9.23. The van der Waals surface area contributed by atoms with Crippen LogP contribution in [0.4, 0.5) is 0 Å². The van der Waals surface area contributed by atoms with Gasteiger partial charge in [-0.1, -0.05) is 48.0 Å². The molecule has 0 saturated heterocycles. The first kappa shape index (κ1) is 21.2. The van der Waals surface area contributed by atoms with E-state index in [0.29, 0.717) is 27.1 Å². The van der Waals surface area contributed by atoms with Crippen molar-refractivity contribution >= 4 is 27.6 Å². The van der Waals surface area contributed by atoms with Crippen molar-refractivity contribution in [3.05, 3.63) is 93.0 Å². The topological polar surface area (TPSA) is 66.0 Å². The zero-order valence-corrected chi connectivity index (χ0v) is 18.2. The Kier molecular flexibility index (Phi) is 6.91. The van der Waals surface area contributed by atoms with Crippen LogP contribution in [0.5, 0.6) is 11.5 Å². The van der Waals surface area contributed by atoms with Crippen LogP contribution >= 0.6 is 15.9 Å². The molecule has 0 fully saturated rings. The number of nitriles is 2. The summed E-state index contributed by atoms with van der Waals surface area (Å²) in [5.41, 5.74) is 4.72. The zero-order valence-electron chi connectivity index (χ0n) is 16.6. The van der Waals surface area contributed by atoms with Gasteiger partial charge in [0.15, 0.2) is 11.5 Å². The minimum Gasteiger partial charge on any atom is -0.493 e. The molecule has 3 aromatic rings. The zero-order chi connectivity index (χ0) is 21.5. The van der Waals surface area contributed by atoms with Gasteiger partial charge in [0, 0.05) is 5.56 Å². The lowest BCUT2D eigenvalue weighted by atomic mass is 10.0. The van der Waals surface area contributed by atoms with Crippen LogP contribution < -0.4 is 9.47 Å². The monoisotopic (exact) mass is 458 g/mol. The van der Waals surface area contributed by atoms with Crippen LogP contribution in [0.3, 0.4) is 0 Å². The van der Waals surface area contributed by atoms with E-state index in [9.17, 15) is 10.5 Å². The fraction of sp³-hybridized carbons (Fsp3) is 0.120. The van der Waals surface area contributed by atoms with E-state index >= 15 is 0 Å². The highest BCUT2D eigenvalue weighted by atomic mass is 79.9. The SMILES string of the molecule is COc1cc(/C=C(/C#N)c2ccc(C)cc2)cc(Br)c1OCc1ccccc1C#N. The second-order valence-corrected chi connectivity index (χ2v) is 7.48. The van der Waals surface area contributed by atoms with Gasteiger partial charge in [-0.05, 0) is 58.3 Å². The Morgan fingerprint density at radius 1 is 1.07 bits per heavy atom. The summed E-state index contributed by atoms with van der Waals surface area (Å²) in [6.45, 7) is 2.25. The average Bonchev–Trinajstić information content (AvgIpc) is 2.77. The molecule has 0 N–H and O–H groups in total. The second-order valence-electron chi connectivity index (χ2n) is 6.63. The van der Waals surface area contributed by atoms with Crippen LogP contribution in [0.2, 0.25) is 0 Å². The van der Waals surface area contributed by atoms with E-state index < -0.39 is 0 Å². The fourth-order valence-electron chi connectivity index (χ4n) is 2.95. The lowest BCUT2D eigenvalue weighted by Gasteiger charge is -2.14. The number of hydrogen-bond acceptors (Lipinski definition) is 4. The molecule has 0 bridgehead atoms. The standard InChI is InChI=1S/C25H19BrN2O2/c1-17-7-9-19(10-8-17)22(15-28)11-18-12-23(26)25(24(13-18)29-2)30-16-21-6-4-3-5-20(21)14-27/h3-13H,16H2,1-2H3/b22-11-. The van der Waals surface area contributed by atoms with Gasteiger partial charge in [-0.25, -0.2) is 0 Å². The number of nitrogens with zero attached hydrogens (tertiary/aromatic N) is 2. The van der Waals surface area contributed by atoms with Crippen molar-refractivity contribution in [2.75, 3.05) is 7.11 Å². The van der Waals surface area contributed by atoms with Gasteiger partial charge in [-0.2, -0.15) is 10.5 Å². The molecular weight excluding hydrogens is 440 g/mol. The maximum atomic E-state index is 9.61. The van der Waals surface area contributed by atoms with Crippen molar-refractivity contribution < 1.29 is 9.47 Å². The first-order valence-corrected chi connectivity index (χ1v) is 10.0. The third-order valence-electron chi connectivity index (χ3n) is 4.56. The van der Waals surface area contributed by atoms with Crippen molar-refractivity contribution in [1.82, 2.24) is 0 Å². The van der Waals surface area contributed by atoms with Crippen molar-refractivity contribution in [3.8, 4) is 23.6 Å². The van der Waals surface area contributed by atoms with Crippen LogP contribution in [0.25, 0.3) is 11.6 Å². The van der Waals surface area contributed by atoms with E-state index in [1.807, 2.05) is 67.6 Å². The maximum Gasteiger partial charge on any atom is 0.175 e. The smallest absolute Gasteiger partial charge is 0.175 e. The molecule has 4 nitrogen and oxygen atoms in total. The second kappa shape index (κ2) is 9.78. The summed E-state index contributed by atoms with van der Waals surface area (Å²) < 4.78 is 12.2. The van der Waals surface area contributed by atoms with Gasteiger partial charge in [0.25, 0.3) is 0 Å². The molecular formula is C25H19BrN2O2. The molecule has 0 spiro atoms. The highest BCUT2D eigenvalue weighted by Crippen LogP contribution is 2.38. The van der Waals surface area contributed by atoms with Crippen molar-refractivity contribution in [1.29, 1.82) is 10.5 Å². The normalized spacial score (nSPS) is 10.8. The summed E-state index contributed by atoms with van der Waals surface area (Å²) in [5, 5.41) is 18.9. The lowest BCUT2D eigenvalue weighted by molar-refractivity contribution is 0.282. The number of rotatable bonds is 6. The van der Waals surface area contributed by atoms with Gasteiger partial charge in [0.05, 0.1) is 34.9 Å². The predicted molar refractivity (Wildman–Crippen MR) is 121 cm³/mol. The largest absolute Gasteiger partial charge is 0.493 e. The molecule has 0 aliphatic rings. The highest BCUT2D eigenvalue weighted by Gasteiger charge is 2.13. The number of benzene rings is 3. The van der Waals surface area contributed by atoms with Gasteiger partial charge in [0.2, 0.25) is 0 Å². The Bertz CT molecular complexity index is 1170. The number of ether oxygens (including phenoxy) is 2. The molecule has 5 heteroatoms. The van der Waals surface area contributed by atoms with Crippen LogP contribution in [0.15, 0.2) is 65.1 Å². The summed E-state index contributed by atoms with van der Waals surface area (Å²) in [4.78, 5) is 0. The van der Waals surface area contributed by atoms with Gasteiger partial charge in [0.1, 0.15) is 6.61 Å². The maximum absolute atomic E-state index is 9.61. The summed E-state index contributed by atoms with van der Waals surface area (Å²) in [7, 11) is 1.57. The van der Waals surface area contributed by atoms with E-state index in [-0.39, 0.29) is 6.61 Å². The molecule has 3 rings (SSSR count). The molecule has 0 aromatic heterocycles. The van der Waals surface area contributed by atoms with Gasteiger partial charge in [-0.3, -0.25) is 0 Å². The van der Waals surface area contributed by atoms with E-state index in [4.69, 9.17) is 9.47 Å². The molecule has 0 aliphatic carbocycles. The van der Waals surface area contributed by atoms with E-state index in [1.54, 1.807) is 13.2 Å². The van der Waals surface area contributed by atoms with Gasteiger partial charge >= 0.3 is 0 Å². The fourth-order valence-corrected chi connectivity index (χ4v) is 3.52. The van der Waals surface area contributed by atoms with E-state index in [0.717, 1.165) is 22.3 Å². The molecule has 148 valence electrons. The Labute approximate surface area is 184 Å². The van der Waals surface area contributed by atoms with Crippen LogP contribution in [-0.2, 0) is 6.61 Å². The Hall–Kier alpha value is -3.54. The van der Waals surface area contributed by atoms with E-state index in [1.165, 1.54) is 0 Å². The minimum absolute atomic E-state index is 0.237. The average molecular weight is 459 g/mol. The summed E-state index contributed by atoms with van der Waals surface area (Å²) in [6.07, 6.45) is 1.81. The van der Waals surface area contributed by atoms with Crippen molar-refractivity contribution in [2.24, 2.45) is 0 Å². The number of allylic oxidation sites excluding steroid dienone is 1. The summed E-state index contributed by atoms with van der Waals surface area (Å²) >= 11 is 3.54. The summed E-state index contributed by atoms with van der Waals surface area (Å²) in [6, 6.07) is 23.3. The third-order valence-corrected chi connectivity index (χ3v) is 5.14. The quantitative estimate of drug-likeness (QED) is 0.321. The number of aryl methyl sites for hydroxylation is 1. The Morgan fingerprint density at radius 3 is 2.47 bits per heavy atom.